The maximum Gasteiger partial charge on any atom is 0.240 e. The lowest BCUT2D eigenvalue weighted by atomic mass is 9.51. The number of Topliss-reactive ketones (excluding diaryl/α,β-unsaturated/α-hetero) is 3. The van der Waals surface area contributed by atoms with Crippen LogP contribution in [0.2, 0.25) is 0 Å². The molecule has 5 atom stereocenters. The minimum atomic E-state index is -2.63. The molecular formula is C38H58N7O5. The molecule has 0 bridgehead atoms. The molecule has 10 N–H and O–H groups in total. The normalized spacial score (nSPS) is 22.5. The van der Waals surface area contributed by atoms with Gasteiger partial charge in [0.2, 0.25) is 12.2 Å². The Hall–Kier alpha value is -3.48. The first kappa shape index (κ1) is 39.3. The highest BCUT2D eigenvalue weighted by Crippen LogP contribution is 2.50. The number of nitrogens with one attached hydrogen (secondary N) is 2. The molecule has 1 aromatic carbocycles. The second-order valence-corrected chi connectivity index (χ2v) is 14.8. The van der Waals surface area contributed by atoms with E-state index in [-0.39, 0.29) is 44.1 Å². The lowest BCUT2D eigenvalue weighted by Crippen LogP contribution is -2.75. The van der Waals surface area contributed by atoms with Gasteiger partial charge in [0.15, 0.2) is 23.1 Å². The summed E-state index contributed by atoms with van der Waals surface area (Å²) in [4.78, 5) is 73.8. The topological polar surface area (TPSA) is 229 Å². The summed E-state index contributed by atoms with van der Waals surface area (Å²) in [6.07, 6.45) is 11.9. The molecule has 1 aromatic rings. The molecule has 1 heterocycles. The monoisotopic (exact) mass is 692 g/mol. The second-order valence-electron chi connectivity index (χ2n) is 14.8. The Morgan fingerprint density at radius 1 is 0.920 bits per heavy atom. The summed E-state index contributed by atoms with van der Waals surface area (Å²) in [7, 11) is 0. The Balaban J connectivity index is 1.76. The zero-order chi connectivity index (χ0) is 36.3. The molecule has 275 valence electrons. The first-order valence-electron chi connectivity index (χ1n) is 18.7. The van der Waals surface area contributed by atoms with Gasteiger partial charge in [-0.15, -0.1) is 0 Å². The summed E-state index contributed by atoms with van der Waals surface area (Å²) in [6.45, 7) is 0.596. The minimum Gasteiger partial charge on any atom is -0.370 e. The number of benzene rings is 1. The van der Waals surface area contributed by atoms with Crippen LogP contribution in [0.1, 0.15) is 108 Å². The molecule has 1 saturated heterocycles. The van der Waals surface area contributed by atoms with E-state index in [9.17, 15) is 14.4 Å². The van der Waals surface area contributed by atoms with Gasteiger partial charge in [-0.3, -0.25) is 29.4 Å². The molecule has 1 aliphatic heterocycles. The largest absolute Gasteiger partial charge is 0.370 e. The fourth-order valence-corrected chi connectivity index (χ4v) is 8.89. The Morgan fingerprint density at radius 3 is 2.18 bits per heavy atom. The molecule has 1 unspecified atom stereocenters. The van der Waals surface area contributed by atoms with Crippen LogP contribution in [-0.4, -0.2) is 77.2 Å². The Bertz CT molecular complexity index is 1350. The Kier molecular flexibility index (Phi) is 14.3. The van der Waals surface area contributed by atoms with E-state index in [0.29, 0.717) is 51.5 Å². The number of aryl methyl sites for hydroxylation is 1. The number of rotatable bonds is 18. The fourth-order valence-electron chi connectivity index (χ4n) is 8.89. The van der Waals surface area contributed by atoms with Gasteiger partial charge in [-0.2, -0.15) is 0 Å². The third-order valence-electron chi connectivity index (χ3n) is 11.5. The number of amides is 1. The molecule has 1 amide bonds. The quantitative estimate of drug-likeness (QED) is 0.0570. The van der Waals surface area contributed by atoms with Crippen LogP contribution in [-0.2, 0) is 30.4 Å². The molecule has 2 saturated carbocycles. The molecular weight excluding hydrogens is 634 g/mol. The molecule has 1 radical (unpaired) electrons. The van der Waals surface area contributed by atoms with E-state index in [1.54, 1.807) is 0 Å². The van der Waals surface area contributed by atoms with E-state index >= 15 is 9.59 Å². The average molecular weight is 693 g/mol. The first-order valence-corrected chi connectivity index (χ1v) is 18.7. The first-order chi connectivity index (χ1) is 24.0. The molecule has 2 aliphatic carbocycles. The number of nitrogens with zero attached hydrogens (tertiary/aromatic N) is 1. The number of ketones is 3. The molecule has 12 heteroatoms. The Morgan fingerprint density at radius 2 is 1.56 bits per heavy atom. The zero-order valence-corrected chi connectivity index (χ0v) is 29.5. The standard InChI is InChI=1S/C38H58N7O5/c39-29(18-10-22-44-36(41)42)35(50)45-23-11-19-31(45)34(49)38(28-16-8-3-9-17-28,32(47)21-20-26-12-4-1-5-13-26)37(43,25-46)33(48)30(40)24-27-14-6-2-7-15-27/h1,4-5,12-13,27-31H,2-3,6-11,14-24,39-40,43H2,(H4,41,42,44)/t29-,30+,31-,37-,38?/m0/s1. The van der Waals surface area contributed by atoms with Crippen molar-refractivity contribution in [1.82, 2.24) is 10.2 Å². The summed E-state index contributed by atoms with van der Waals surface area (Å²) >= 11 is 0. The molecule has 12 nitrogen and oxygen atoms in total. The molecule has 3 fully saturated rings. The van der Waals surface area contributed by atoms with Gasteiger partial charge in [-0.25, -0.2) is 0 Å². The van der Waals surface area contributed by atoms with Gasteiger partial charge >= 0.3 is 0 Å². The highest BCUT2D eigenvalue weighted by molar-refractivity contribution is 6.22. The molecule has 0 aromatic heterocycles. The van der Waals surface area contributed by atoms with E-state index in [0.717, 1.165) is 44.1 Å². The number of hydrogen-bond donors (Lipinski definition) is 6. The minimum absolute atomic E-state index is 0.124. The smallest absolute Gasteiger partial charge is 0.240 e. The van der Waals surface area contributed by atoms with Gasteiger partial charge in [-0.1, -0.05) is 81.7 Å². The number of nitrogens with two attached hydrogens (primary N) is 4. The average Bonchev–Trinajstić information content (AvgIpc) is 3.63. The van der Waals surface area contributed by atoms with E-state index < -0.39 is 58.3 Å². The summed E-state index contributed by atoms with van der Waals surface area (Å²) in [5.74, 6) is -3.21. The van der Waals surface area contributed by atoms with Crippen LogP contribution in [0.4, 0.5) is 0 Å². The number of guanidine groups is 1. The van der Waals surface area contributed by atoms with E-state index in [4.69, 9.17) is 28.3 Å². The Labute approximate surface area is 296 Å². The van der Waals surface area contributed by atoms with Crippen molar-refractivity contribution in [2.75, 3.05) is 13.1 Å². The van der Waals surface area contributed by atoms with Crippen LogP contribution in [0.3, 0.4) is 0 Å². The van der Waals surface area contributed by atoms with Gasteiger partial charge in [0.25, 0.3) is 0 Å². The lowest BCUT2D eigenvalue weighted by Gasteiger charge is -2.50. The third kappa shape index (κ3) is 8.69. The van der Waals surface area contributed by atoms with Gasteiger partial charge in [0.1, 0.15) is 11.2 Å². The van der Waals surface area contributed by atoms with Crippen molar-refractivity contribution < 1.29 is 24.0 Å². The van der Waals surface area contributed by atoms with Crippen LogP contribution in [0.25, 0.3) is 0 Å². The summed E-state index contributed by atoms with van der Waals surface area (Å²) in [5.41, 5.74) is 21.3. The van der Waals surface area contributed by atoms with Crippen molar-refractivity contribution in [1.29, 1.82) is 5.41 Å². The van der Waals surface area contributed by atoms with Gasteiger partial charge < -0.3 is 33.2 Å². The fraction of sp³-hybridized carbons (Fsp3) is 0.684. The predicted octanol–water partition coefficient (Wildman–Crippen LogP) is 2.58. The van der Waals surface area contributed by atoms with Gasteiger partial charge in [-0.05, 0) is 68.8 Å². The molecule has 4 rings (SSSR count). The van der Waals surface area contributed by atoms with E-state index in [1.807, 2.05) is 36.6 Å². The summed E-state index contributed by atoms with van der Waals surface area (Å²) in [5, 5.41) is 10.0. The maximum atomic E-state index is 15.5. The summed E-state index contributed by atoms with van der Waals surface area (Å²) in [6, 6.07) is 6.17. The van der Waals surface area contributed by atoms with Gasteiger partial charge in [0.05, 0.1) is 18.1 Å². The number of likely N-dealkylation sites (tertiary alicyclic amines) is 1. The number of carbonyl (C=O) groups excluding carboxylic acids is 5. The van der Waals surface area contributed by atoms with Crippen LogP contribution in [0, 0.1) is 22.7 Å². The van der Waals surface area contributed by atoms with Crippen LogP contribution in [0.5, 0.6) is 0 Å². The molecule has 3 aliphatic rings. The highest BCUT2D eigenvalue weighted by atomic mass is 16.2. The number of carbonyl (C=O) groups is 4. The highest BCUT2D eigenvalue weighted by Gasteiger charge is 2.68. The summed E-state index contributed by atoms with van der Waals surface area (Å²) < 4.78 is 0. The lowest BCUT2D eigenvalue weighted by molar-refractivity contribution is -0.159. The maximum absolute atomic E-state index is 15.5. The van der Waals surface area contributed by atoms with Crippen molar-refractivity contribution in [3.63, 3.8) is 0 Å². The van der Waals surface area contributed by atoms with Crippen LogP contribution >= 0.6 is 0 Å². The van der Waals surface area contributed by atoms with Crippen molar-refractivity contribution in [3.8, 4) is 0 Å². The van der Waals surface area contributed by atoms with Crippen molar-refractivity contribution in [2.24, 2.45) is 40.2 Å². The third-order valence-corrected chi connectivity index (χ3v) is 11.5. The van der Waals surface area contributed by atoms with Crippen molar-refractivity contribution in [3.05, 3.63) is 35.9 Å². The van der Waals surface area contributed by atoms with Crippen molar-refractivity contribution in [2.45, 2.75) is 133 Å². The van der Waals surface area contributed by atoms with Gasteiger partial charge in [0, 0.05) is 19.5 Å². The SMILES string of the molecule is N=C(N)NCCC[C@H](N)C(=O)N1CCC[C@H]1C(=O)C(C(=O)CCc1ccccc1)(C1CCCCC1)[C@](N)([C]=O)C(=O)[C@H](N)CC1CCCCC1. The predicted molar refractivity (Wildman–Crippen MR) is 192 cm³/mol. The molecule has 0 spiro atoms. The van der Waals surface area contributed by atoms with E-state index in [1.165, 1.54) is 4.90 Å². The van der Waals surface area contributed by atoms with E-state index in [2.05, 4.69) is 5.32 Å². The van der Waals surface area contributed by atoms with Crippen molar-refractivity contribution >= 4 is 35.5 Å². The van der Waals surface area contributed by atoms with Crippen LogP contribution in [0.15, 0.2) is 30.3 Å². The molecule has 50 heavy (non-hydrogen) atoms. The van der Waals surface area contributed by atoms with Crippen LogP contribution < -0.4 is 28.3 Å². The zero-order valence-electron chi connectivity index (χ0n) is 29.5. The second kappa shape index (κ2) is 18.1. The number of hydrogen-bond acceptors (Lipinski definition) is 9.